The Morgan fingerprint density at radius 2 is 1.39 bits per heavy atom. The zero-order valence-electron chi connectivity index (χ0n) is 8.54. The highest BCUT2D eigenvalue weighted by atomic mass is 35.5. The third-order valence-electron chi connectivity index (χ3n) is 4.32. The average molecular weight is 418 g/mol. The first-order valence-corrected chi connectivity index (χ1v) is 8.35. The maximum absolute atomic E-state index is 6.62. The summed E-state index contributed by atoms with van der Waals surface area (Å²) in [6, 6.07) is 0. The highest BCUT2D eigenvalue weighted by Crippen LogP contribution is 2.79. The van der Waals surface area contributed by atoms with Crippen LogP contribution in [0.1, 0.15) is 6.42 Å². The van der Waals surface area contributed by atoms with Gasteiger partial charge in [-0.25, -0.2) is 0 Å². The van der Waals surface area contributed by atoms with E-state index in [0.717, 1.165) is 0 Å². The Balaban J connectivity index is 2.26. The molecule has 3 aliphatic rings. The Morgan fingerprint density at radius 3 is 1.94 bits per heavy atom. The molecule has 0 aliphatic heterocycles. The smallest absolute Gasteiger partial charge is 0.121 e. The maximum atomic E-state index is 6.62. The monoisotopic (exact) mass is 414 g/mol. The summed E-state index contributed by atoms with van der Waals surface area (Å²) in [5.74, 6) is -0.488. The Kier molecular flexibility index (Phi) is 3.39. The second-order valence-electron chi connectivity index (χ2n) is 4.95. The van der Waals surface area contributed by atoms with Crippen molar-refractivity contribution in [2.24, 2.45) is 11.8 Å². The minimum absolute atomic E-state index is 0.184. The number of alkyl halides is 6. The third-order valence-corrected chi connectivity index (χ3v) is 9.79. The van der Waals surface area contributed by atoms with Gasteiger partial charge in [-0.2, -0.15) is 0 Å². The molecule has 3 aliphatic carbocycles. The Labute approximate surface area is 145 Å². The highest BCUT2D eigenvalue weighted by Gasteiger charge is 2.84. The molecule has 2 saturated carbocycles. The molecule has 18 heavy (non-hydrogen) atoms. The van der Waals surface area contributed by atoms with Crippen molar-refractivity contribution in [1.82, 2.24) is 0 Å². The zero-order chi connectivity index (χ0) is 13.7. The quantitative estimate of drug-likeness (QED) is 0.351. The Hall–Kier alpha value is 2.06. The summed E-state index contributed by atoms with van der Waals surface area (Å²) in [7, 11) is 0. The summed E-state index contributed by atoms with van der Waals surface area (Å²) < 4.78 is -1.50. The van der Waals surface area contributed by atoms with Crippen LogP contribution in [0, 0.1) is 11.8 Å². The molecule has 0 unspecified atom stereocenters. The van der Waals surface area contributed by atoms with Crippen molar-refractivity contribution in [2.75, 3.05) is 0 Å². The number of fused-ring (bicyclic) bond motifs is 5. The number of hydrogen-bond acceptors (Lipinski definition) is 0. The Bertz CT molecular complexity index is 459. The van der Waals surface area contributed by atoms with E-state index in [2.05, 4.69) is 0 Å². The van der Waals surface area contributed by atoms with Crippen LogP contribution in [0.2, 0.25) is 0 Å². The lowest BCUT2D eigenvalue weighted by Gasteiger charge is -2.35. The third kappa shape index (κ3) is 1.28. The topological polar surface area (TPSA) is 0 Å². The van der Waals surface area contributed by atoms with Crippen molar-refractivity contribution < 1.29 is 0 Å². The van der Waals surface area contributed by atoms with Gasteiger partial charge in [0.1, 0.15) is 9.75 Å². The molecule has 2 fully saturated rings. The normalized spacial score (nSPS) is 57.3. The molecule has 3 rings (SSSR count). The van der Waals surface area contributed by atoms with Gasteiger partial charge < -0.3 is 0 Å². The lowest BCUT2D eigenvalue weighted by atomic mass is 10.6. The van der Waals surface area contributed by atoms with Crippen LogP contribution in [0.4, 0.5) is 0 Å². The molecule has 8 heteroatoms. The van der Waals surface area contributed by atoms with Gasteiger partial charge in [0, 0.05) is 5.92 Å². The number of rotatable bonds is 0. The predicted molar refractivity (Wildman–Crippen MR) is 81.2 cm³/mol. The molecule has 0 aromatic carbocycles. The summed E-state index contributed by atoms with van der Waals surface area (Å²) in [4.78, 5) is -2.50. The van der Waals surface area contributed by atoms with Crippen LogP contribution in [0.25, 0.3) is 0 Å². The number of hydrogen-bond donors (Lipinski definition) is 0. The fourth-order valence-electron chi connectivity index (χ4n) is 3.48. The van der Waals surface area contributed by atoms with E-state index in [1.807, 2.05) is 0 Å². The van der Waals surface area contributed by atoms with Crippen LogP contribution in [-0.2, 0) is 0 Å². The first kappa shape index (κ1) is 15.0. The second kappa shape index (κ2) is 4.07. The van der Waals surface area contributed by atoms with Gasteiger partial charge in [-0.3, -0.25) is 0 Å². The summed E-state index contributed by atoms with van der Waals surface area (Å²) >= 11 is 51.0. The van der Waals surface area contributed by atoms with Gasteiger partial charge >= 0.3 is 0 Å². The predicted octanol–water partition coefficient (Wildman–Crippen LogP) is 5.68. The average Bonchev–Trinajstić information content (AvgIpc) is 2.69. The molecule has 0 N–H and O–H groups in total. The summed E-state index contributed by atoms with van der Waals surface area (Å²) in [6.45, 7) is 0. The Morgan fingerprint density at radius 1 is 0.889 bits per heavy atom. The molecule has 0 aromatic heterocycles. The van der Waals surface area contributed by atoms with E-state index in [9.17, 15) is 0 Å². The van der Waals surface area contributed by atoms with Crippen LogP contribution in [0.5, 0.6) is 0 Å². The fraction of sp³-hybridized carbons (Fsp3) is 0.800. The molecular weight excluding hydrogens is 412 g/mol. The van der Waals surface area contributed by atoms with E-state index < -0.39 is 19.5 Å². The SMILES string of the molecule is ClC1=[13C](Cl)[13C@]2(Cl)[13C@@H]3[13CH2][13C@@H](Cl)[13C@@H](Cl)[13C@@H]3[13C@@]1(Cl)C2(Cl)Cl. The van der Waals surface area contributed by atoms with Crippen molar-refractivity contribution in [3.63, 3.8) is 0 Å². The van der Waals surface area contributed by atoms with E-state index in [4.69, 9.17) is 92.8 Å². The van der Waals surface area contributed by atoms with Crippen molar-refractivity contribution in [3.8, 4) is 0 Å². The molecular formula is C10H6Cl8. The number of halogens is 8. The molecule has 102 valence electrons. The van der Waals surface area contributed by atoms with Crippen LogP contribution in [-0.4, -0.2) is 24.8 Å². The lowest BCUT2D eigenvalue weighted by Crippen LogP contribution is -2.47. The molecule has 2 bridgehead atoms. The van der Waals surface area contributed by atoms with Crippen LogP contribution >= 0.6 is 92.8 Å². The minimum atomic E-state index is -1.50. The van der Waals surface area contributed by atoms with Gasteiger partial charge in [0.15, 0.2) is 4.33 Å². The van der Waals surface area contributed by atoms with Crippen molar-refractivity contribution >= 4 is 92.8 Å². The molecule has 0 spiro atoms. The van der Waals surface area contributed by atoms with E-state index in [1.54, 1.807) is 0 Å². The largest absolute Gasteiger partial charge is 0.166 e. The highest BCUT2D eigenvalue weighted by molar-refractivity contribution is 6.66. The molecule has 6 atom stereocenters. The minimum Gasteiger partial charge on any atom is -0.121 e. The van der Waals surface area contributed by atoms with Gasteiger partial charge in [-0.1, -0.05) is 46.4 Å². The molecule has 0 radical (unpaired) electrons. The molecule has 0 heterocycles. The molecule has 0 nitrogen and oxygen atoms in total. The van der Waals surface area contributed by atoms with Gasteiger partial charge in [0.25, 0.3) is 0 Å². The summed E-state index contributed by atoms with van der Waals surface area (Å²) in [6.07, 6.45) is 0.555. The van der Waals surface area contributed by atoms with Gasteiger partial charge in [-0.15, -0.1) is 46.4 Å². The first-order valence-electron chi connectivity index (χ1n) is 5.21. The molecule has 0 saturated heterocycles. The molecule has 0 amide bonds. The lowest BCUT2D eigenvalue weighted by molar-refractivity contribution is 0.385. The van der Waals surface area contributed by atoms with Crippen LogP contribution in [0.3, 0.4) is 0 Å². The van der Waals surface area contributed by atoms with Crippen molar-refractivity contribution in [3.05, 3.63) is 10.1 Å². The summed E-state index contributed by atoms with van der Waals surface area (Å²) in [5.41, 5.74) is 0. The van der Waals surface area contributed by atoms with E-state index in [-0.39, 0.29) is 27.3 Å². The standard InChI is InChI=1S/C10H6Cl8/c11-3-1-2-4(5(3)12)9(16)7(14)6(13)8(2,15)10(9,17)18/h2-5H,1H2/t2-,3-,4-,5-,8-,9+/m1/s1/i1+1,2+1,3+1,4+1,5+1,6+1,8+1,9+1. The van der Waals surface area contributed by atoms with Crippen molar-refractivity contribution in [1.29, 1.82) is 0 Å². The fourth-order valence-corrected chi connectivity index (χ4v) is 7.46. The van der Waals surface area contributed by atoms with Gasteiger partial charge in [-0.05, 0) is 12.3 Å². The van der Waals surface area contributed by atoms with Gasteiger partial charge in [0.05, 0.1) is 20.8 Å². The molecule has 0 aromatic rings. The van der Waals surface area contributed by atoms with E-state index in [0.29, 0.717) is 6.42 Å². The van der Waals surface area contributed by atoms with E-state index >= 15 is 0 Å². The first-order chi connectivity index (χ1) is 8.11. The second-order valence-corrected chi connectivity index (χ2v) is 9.29. The van der Waals surface area contributed by atoms with Crippen LogP contribution in [0.15, 0.2) is 10.1 Å². The van der Waals surface area contributed by atoms with Gasteiger partial charge in [0.2, 0.25) is 0 Å². The maximum Gasteiger partial charge on any atom is 0.166 e. The summed E-state index contributed by atoms with van der Waals surface area (Å²) in [5, 5.41) is -0.259. The van der Waals surface area contributed by atoms with Crippen molar-refractivity contribution in [2.45, 2.75) is 31.3 Å². The zero-order valence-corrected chi connectivity index (χ0v) is 14.6. The van der Waals surface area contributed by atoms with Crippen LogP contribution < -0.4 is 0 Å². The van der Waals surface area contributed by atoms with E-state index in [1.165, 1.54) is 0 Å². The number of allylic oxidation sites excluding steroid dienone is 2.